The van der Waals surface area contributed by atoms with Gasteiger partial charge in [0.2, 0.25) is 5.91 Å². The molecule has 4 rings (SSSR count). The molecule has 27 heavy (non-hydrogen) atoms. The largest absolute Gasteiger partial charge is 0.476 e. The summed E-state index contributed by atoms with van der Waals surface area (Å²) in [5.41, 5.74) is -0.248. The number of hydrogen-bond donors (Lipinski definition) is 1. The second kappa shape index (κ2) is 6.58. The van der Waals surface area contributed by atoms with Gasteiger partial charge in [-0.2, -0.15) is 5.26 Å². The van der Waals surface area contributed by atoms with Gasteiger partial charge in [0.15, 0.2) is 16.5 Å². The van der Waals surface area contributed by atoms with Crippen molar-refractivity contribution in [3.8, 4) is 11.8 Å². The highest BCUT2D eigenvalue weighted by molar-refractivity contribution is 8.03. The maximum Gasteiger partial charge on any atom is 0.357 e. The SMILES string of the molecule is C[C@@H](OC(=O)C1CC1)[C@H]1C(=O)N2C(C(=O)O)=C(Oc3ccsc3C#N)SC12. The van der Waals surface area contributed by atoms with E-state index < -0.39 is 29.3 Å². The quantitative estimate of drug-likeness (QED) is 0.564. The molecule has 0 bridgehead atoms. The molecule has 3 heterocycles. The number of amides is 1. The van der Waals surface area contributed by atoms with Crippen LogP contribution in [-0.2, 0) is 19.1 Å². The van der Waals surface area contributed by atoms with E-state index in [0.717, 1.165) is 29.5 Å². The van der Waals surface area contributed by atoms with Crippen LogP contribution in [-0.4, -0.2) is 39.3 Å². The average Bonchev–Trinajstić information content (AvgIpc) is 3.30. The number of rotatable bonds is 6. The summed E-state index contributed by atoms with van der Waals surface area (Å²) in [5, 5.41) is 19.8. The third-order valence-electron chi connectivity index (χ3n) is 4.60. The summed E-state index contributed by atoms with van der Waals surface area (Å²) < 4.78 is 11.0. The Balaban J connectivity index is 1.53. The zero-order valence-corrected chi connectivity index (χ0v) is 15.7. The summed E-state index contributed by atoms with van der Waals surface area (Å²) in [7, 11) is 0. The zero-order chi connectivity index (χ0) is 19.3. The van der Waals surface area contributed by atoms with Crippen LogP contribution in [0, 0.1) is 23.2 Å². The van der Waals surface area contributed by atoms with Crippen molar-refractivity contribution in [2.24, 2.45) is 11.8 Å². The van der Waals surface area contributed by atoms with Crippen molar-refractivity contribution in [3.05, 3.63) is 27.1 Å². The number of fused-ring (bicyclic) bond motifs is 1. The minimum atomic E-state index is -1.29. The van der Waals surface area contributed by atoms with Gasteiger partial charge in [-0.15, -0.1) is 11.3 Å². The molecular weight excluding hydrogens is 392 g/mol. The number of nitriles is 1. The Kier molecular flexibility index (Phi) is 4.36. The van der Waals surface area contributed by atoms with Crippen LogP contribution in [0.4, 0.5) is 0 Å². The molecule has 0 radical (unpaired) electrons. The van der Waals surface area contributed by atoms with Crippen LogP contribution in [0.15, 0.2) is 22.2 Å². The third kappa shape index (κ3) is 2.96. The van der Waals surface area contributed by atoms with Crippen LogP contribution in [0.1, 0.15) is 24.6 Å². The smallest absolute Gasteiger partial charge is 0.357 e. The van der Waals surface area contributed by atoms with Crippen LogP contribution >= 0.6 is 23.1 Å². The van der Waals surface area contributed by atoms with Crippen LogP contribution in [0.3, 0.4) is 0 Å². The lowest BCUT2D eigenvalue weighted by Gasteiger charge is -2.43. The molecule has 1 N–H and O–H groups in total. The van der Waals surface area contributed by atoms with E-state index in [1.807, 2.05) is 6.07 Å². The Morgan fingerprint density at radius 3 is 2.81 bits per heavy atom. The molecule has 1 amide bonds. The fourth-order valence-electron chi connectivity index (χ4n) is 3.04. The topological polar surface area (TPSA) is 117 Å². The molecule has 2 aliphatic heterocycles. The molecule has 1 unspecified atom stereocenters. The molecule has 1 aromatic rings. The Hall–Kier alpha value is -2.51. The number of β-lactam (4-membered cyclic amide) rings is 1. The van der Waals surface area contributed by atoms with Gasteiger partial charge in [-0.1, -0.05) is 11.8 Å². The molecule has 1 aromatic heterocycles. The Morgan fingerprint density at radius 1 is 1.44 bits per heavy atom. The second-order valence-corrected chi connectivity index (χ2v) is 8.43. The summed E-state index contributed by atoms with van der Waals surface area (Å²) in [6, 6.07) is 3.56. The molecule has 10 heteroatoms. The normalized spacial score (nSPS) is 24.7. The number of ether oxygens (including phenoxy) is 2. The Labute approximate surface area is 162 Å². The molecule has 140 valence electrons. The first-order chi connectivity index (χ1) is 12.9. The van der Waals surface area contributed by atoms with E-state index in [1.165, 1.54) is 11.3 Å². The van der Waals surface area contributed by atoms with Gasteiger partial charge in [0, 0.05) is 0 Å². The van der Waals surface area contributed by atoms with Gasteiger partial charge < -0.3 is 14.6 Å². The highest BCUT2D eigenvalue weighted by atomic mass is 32.2. The average molecular weight is 406 g/mol. The highest BCUT2D eigenvalue weighted by Crippen LogP contribution is 2.51. The van der Waals surface area contributed by atoms with E-state index in [4.69, 9.17) is 14.7 Å². The molecule has 1 saturated heterocycles. The Morgan fingerprint density at radius 2 is 2.19 bits per heavy atom. The van der Waals surface area contributed by atoms with Crippen molar-refractivity contribution in [2.75, 3.05) is 0 Å². The summed E-state index contributed by atoms with van der Waals surface area (Å²) in [4.78, 5) is 37.6. The summed E-state index contributed by atoms with van der Waals surface area (Å²) in [6.45, 7) is 1.65. The van der Waals surface area contributed by atoms with Crippen molar-refractivity contribution in [3.63, 3.8) is 0 Å². The summed E-state index contributed by atoms with van der Waals surface area (Å²) in [5.74, 6) is -2.47. The lowest BCUT2D eigenvalue weighted by Crippen LogP contribution is -2.61. The van der Waals surface area contributed by atoms with Crippen LogP contribution in [0.25, 0.3) is 0 Å². The fraction of sp³-hybridized carbons (Fsp3) is 0.412. The summed E-state index contributed by atoms with van der Waals surface area (Å²) >= 11 is 2.27. The van der Waals surface area contributed by atoms with Crippen LogP contribution in [0.2, 0.25) is 0 Å². The third-order valence-corrected chi connectivity index (χ3v) is 6.64. The van der Waals surface area contributed by atoms with E-state index in [2.05, 4.69) is 0 Å². The predicted molar refractivity (Wildman–Crippen MR) is 94.3 cm³/mol. The van der Waals surface area contributed by atoms with Crippen molar-refractivity contribution in [2.45, 2.75) is 31.2 Å². The predicted octanol–water partition coefficient (Wildman–Crippen LogP) is 2.13. The number of carbonyl (C=O) groups is 3. The van der Waals surface area contributed by atoms with Gasteiger partial charge >= 0.3 is 11.9 Å². The molecule has 3 aliphatic rings. The van der Waals surface area contributed by atoms with E-state index in [1.54, 1.807) is 18.4 Å². The number of carboxylic acid groups (broad SMARTS) is 1. The standard InChI is InChI=1S/C17H14N2O6S2/c1-7(24-16(23)8-2-3-8)11-13(20)19-12(15(21)22)17(27-14(11)19)25-9-4-5-26-10(9)6-18/h4-5,7-8,11,14H,2-3H2,1H3,(H,21,22)/t7-,11+,14?/m1/s1. The minimum Gasteiger partial charge on any atom is -0.476 e. The van der Waals surface area contributed by atoms with Gasteiger partial charge in [0.1, 0.15) is 28.3 Å². The van der Waals surface area contributed by atoms with Crippen molar-refractivity contribution in [1.29, 1.82) is 5.26 Å². The first-order valence-electron chi connectivity index (χ1n) is 8.25. The van der Waals surface area contributed by atoms with E-state index >= 15 is 0 Å². The van der Waals surface area contributed by atoms with Gasteiger partial charge in [-0.05, 0) is 31.2 Å². The van der Waals surface area contributed by atoms with Gasteiger partial charge in [-0.25, -0.2) is 4.79 Å². The molecule has 1 aliphatic carbocycles. The fourth-order valence-corrected chi connectivity index (χ4v) is 5.10. The number of thioether (sulfide) groups is 1. The van der Waals surface area contributed by atoms with Gasteiger partial charge in [-0.3, -0.25) is 14.5 Å². The number of carboxylic acids is 1. The molecule has 2 fully saturated rings. The lowest BCUT2D eigenvalue weighted by atomic mass is 9.92. The number of thiophene rings is 1. The molecule has 0 spiro atoms. The second-order valence-electron chi connectivity index (χ2n) is 6.43. The zero-order valence-electron chi connectivity index (χ0n) is 14.1. The van der Waals surface area contributed by atoms with E-state index in [-0.39, 0.29) is 28.4 Å². The van der Waals surface area contributed by atoms with E-state index in [0.29, 0.717) is 4.88 Å². The van der Waals surface area contributed by atoms with Gasteiger partial charge in [0.25, 0.3) is 0 Å². The number of esters is 1. The monoisotopic (exact) mass is 406 g/mol. The van der Waals surface area contributed by atoms with Crippen molar-refractivity contribution >= 4 is 40.9 Å². The van der Waals surface area contributed by atoms with Crippen LogP contribution < -0.4 is 4.74 Å². The highest BCUT2D eigenvalue weighted by Gasteiger charge is 2.60. The first kappa shape index (κ1) is 17.9. The molecule has 3 atom stereocenters. The maximum atomic E-state index is 12.6. The first-order valence-corrected chi connectivity index (χ1v) is 10.0. The van der Waals surface area contributed by atoms with Gasteiger partial charge in [0.05, 0.1) is 5.92 Å². The number of carbonyl (C=O) groups excluding carboxylic acids is 2. The maximum absolute atomic E-state index is 12.6. The minimum absolute atomic E-state index is 0.0546. The van der Waals surface area contributed by atoms with Crippen LogP contribution in [0.5, 0.6) is 5.75 Å². The Bertz CT molecular complexity index is 913. The van der Waals surface area contributed by atoms with E-state index in [9.17, 15) is 19.5 Å². The van der Waals surface area contributed by atoms with Crippen molar-refractivity contribution in [1.82, 2.24) is 4.90 Å². The summed E-state index contributed by atoms with van der Waals surface area (Å²) in [6.07, 6.45) is 0.961. The van der Waals surface area contributed by atoms with Crippen molar-refractivity contribution < 1.29 is 29.0 Å². The number of nitrogens with zero attached hydrogens (tertiary/aromatic N) is 2. The lowest BCUT2D eigenvalue weighted by molar-refractivity contribution is -0.167. The molecule has 1 saturated carbocycles. The molecular formula is C17H14N2O6S2. The number of hydrogen-bond acceptors (Lipinski definition) is 8. The molecule has 8 nitrogen and oxygen atoms in total. The molecule has 0 aromatic carbocycles. The number of aliphatic carboxylic acids is 1.